The number of halogens is 1. The molecule has 0 spiro atoms. The van der Waals surface area contributed by atoms with Crippen LogP contribution in [0.3, 0.4) is 0 Å². The largest absolute Gasteiger partial charge is 0.480 e. The summed E-state index contributed by atoms with van der Waals surface area (Å²) in [6.45, 7) is 0.766. The second-order valence-electron chi connectivity index (χ2n) is 4.94. The lowest BCUT2D eigenvalue weighted by atomic mass is 10.1. The van der Waals surface area contributed by atoms with Crippen LogP contribution in [0, 0.1) is 22.9 Å². The fourth-order valence-electron chi connectivity index (χ4n) is 2.06. The summed E-state index contributed by atoms with van der Waals surface area (Å²) in [7, 11) is 0. The maximum absolute atomic E-state index is 14.1. The lowest BCUT2D eigenvalue weighted by Crippen LogP contribution is -2.38. The molecule has 21 heavy (non-hydrogen) atoms. The van der Waals surface area contributed by atoms with Crippen LogP contribution in [0.25, 0.3) is 0 Å². The van der Waals surface area contributed by atoms with Crippen molar-refractivity contribution >= 4 is 17.6 Å². The number of rotatable bonds is 5. The highest BCUT2D eigenvalue weighted by Crippen LogP contribution is 2.30. The number of carbonyl (C=O) groups excluding carboxylic acids is 1. The number of benzene rings is 1. The van der Waals surface area contributed by atoms with Gasteiger partial charge in [0.25, 0.3) is 11.6 Å². The summed E-state index contributed by atoms with van der Waals surface area (Å²) < 4.78 is 14.1. The average molecular weight is 296 g/mol. The third-order valence-electron chi connectivity index (χ3n) is 3.23. The Morgan fingerprint density at radius 1 is 1.48 bits per heavy atom. The van der Waals surface area contributed by atoms with E-state index < -0.39 is 40.4 Å². The van der Waals surface area contributed by atoms with E-state index >= 15 is 0 Å². The molecule has 7 nitrogen and oxygen atoms in total. The third kappa shape index (κ3) is 3.15. The van der Waals surface area contributed by atoms with Crippen LogP contribution in [0.5, 0.6) is 0 Å². The number of carboxylic acids is 1. The first kappa shape index (κ1) is 14.9. The number of hydrogen-bond acceptors (Lipinski definition) is 4. The quantitative estimate of drug-likeness (QED) is 0.658. The fourth-order valence-corrected chi connectivity index (χ4v) is 2.06. The summed E-state index contributed by atoms with van der Waals surface area (Å²) in [5.41, 5.74) is -0.892. The molecule has 0 bridgehead atoms. The van der Waals surface area contributed by atoms with E-state index in [2.05, 4.69) is 0 Å². The fraction of sp³-hybridized carbons (Fsp3) is 0.385. The van der Waals surface area contributed by atoms with E-state index in [0.29, 0.717) is 12.8 Å². The summed E-state index contributed by atoms with van der Waals surface area (Å²) in [6, 6.07) is 1.64. The second kappa shape index (κ2) is 5.47. The van der Waals surface area contributed by atoms with Crippen LogP contribution in [-0.4, -0.2) is 39.4 Å². The van der Waals surface area contributed by atoms with Gasteiger partial charge in [0, 0.05) is 18.2 Å². The molecule has 1 fully saturated rings. The minimum Gasteiger partial charge on any atom is -0.480 e. The number of nitro benzene ring substituents is 1. The van der Waals surface area contributed by atoms with Gasteiger partial charge in [-0.3, -0.25) is 19.7 Å². The van der Waals surface area contributed by atoms with Gasteiger partial charge in [-0.2, -0.15) is 0 Å². The first-order chi connectivity index (χ1) is 9.81. The van der Waals surface area contributed by atoms with Crippen molar-refractivity contribution in [1.82, 2.24) is 4.90 Å². The van der Waals surface area contributed by atoms with Crippen molar-refractivity contribution in [3.63, 3.8) is 0 Å². The second-order valence-corrected chi connectivity index (χ2v) is 4.94. The SMILES string of the molecule is Cc1cc([N+](=O)[O-])cc(C(=O)N(CC(=O)O)C2CC2)c1F. The van der Waals surface area contributed by atoms with Crippen molar-refractivity contribution in [2.24, 2.45) is 0 Å². The van der Waals surface area contributed by atoms with E-state index in [0.717, 1.165) is 17.0 Å². The van der Waals surface area contributed by atoms with Gasteiger partial charge >= 0.3 is 5.97 Å². The Morgan fingerprint density at radius 3 is 2.57 bits per heavy atom. The molecule has 112 valence electrons. The Kier molecular flexibility index (Phi) is 3.88. The maximum Gasteiger partial charge on any atom is 0.323 e. The number of aryl methyl sites for hydroxylation is 1. The summed E-state index contributed by atoms with van der Waals surface area (Å²) >= 11 is 0. The zero-order valence-electron chi connectivity index (χ0n) is 11.2. The molecule has 1 aromatic carbocycles. The third-order valence-corrected chi connectivity index (χ3v) is 3.23. The Balaban J connectivity index is 2.41. The van der Waals surface area contributed by atoms with Gasteiger partial charge in [0.1, 0.15) is 12.4 Å². The number of carbonyl (C=O) groups is 2. The van der Waals surface area contributed by atoms with Crippen LogP contribution >= 0.6 is 0 Å². The van der Waals surface area contributed by atoms with Crippen molar-refractivity contribution < 1.29 is 24.0 Å². The summed E-state index contributed by atoms with van der Waals surface area (Å²) in [4.78, 5) is 34.2. The maximum atomic E-state index is 14.1. The van der Waals surface area contributed by atoms with Gasteiger partial charge in [-0.25, -0.2) is 4.39 Å². The number of carboxylic acid groups (broad SMARTS) is 1. The molecule has 0 aromatic heterocycles. The molecule has 0 aliphatic heterocycles. The van der Waals surface area contributed by atoms with Gasteiger partial charge < -0.3 is 10.0 Å². The number of amides is 1. The predicted octanol–water partition coefficient (Wildman–Crippen LogP) is 1.73. The minimum absolute atomic E-state index is 0.0291. The monoisotopic (exact) mass is 296 g/mol. The molecule has 1 aromatic rings. The van der Waals surface area contributed by atoms with Gasteiger partial charge in [-0.15, -0.1) is 0 Å². The molecule has 0 unspecified atom stereocenters. The summed E-state index contributed by atoms with van der Waals surface area (Å²) in [6.07, 6.45) is 1.29. The number of nitro groups is 1. The predicted molar refractivity (Wildman–Crippen MR) is 69.5 cm³/mol. The molecule has 1 saturated carbocycles. The zero-order valence-corrected chi connectivity index (χ0v) is 11.2. The molecular weight excluding hydrogens is 283 g/mol. The van der Waals surface area contributed by atoms with Gasteiger partial charge in [0.05, 0.1) is 10.5 Å². The molecule has 8 heteroatoms. The molecule has 1 amide bonds. The van der Waals surface area contributed by atoms with Crippen LogP contribution in [0.2, 0.25) is 0 Å². The smallest absolute Gasteiger partial charge is 0.323 e. The molecule has 2 rings (SSSR count). The van der Waals surface area contributed by atoms with E-state index in [-0.39, 0.29) is 11.6 Å². The van der Waals surface area contributed by atoms with Crippen LogP contribution in [0.15, 0.2) is 12.1 Å². The van der Waals surface area contributed by atoms with E-state index in [9.17, 15) is 24.1 Å². The van der Waals surface area contributed by atoms with Crippen molar-refractivity contribution in [1.29, 1.82) is 0 Å². The van der Waals surface area contributed by atoms with E-state index in [1.165, 1.54) is 6.92 Å². The van der Waals surface area contributed by atoms with E-state index in [4.69, 9.17) is 5.11 Å². The first-order valence-corrected chi connectivity index (χ1v) is 6.28. The molecule has 0 heterocycles. The standard InChI is InChI=1S/C13H13FN2O5/c1-7-4-9(16(20)21)5-10(12(7)14)13(19)15(6-11(17)18)8-2-3-8/h4-5,8H,2-3,6H2,1H3,(H,17,18). The molecule has 1 aliphatic rings. The highest BCUT2D eigenvalue weighted by molar-refractivity contribution is 5.97. The summed E-state index contributed by atoms with van der Waals surface area (Å²) in [5.74, 6) is -2.90. The Morgan fingerprint density at radius 2 is 2.10 bits per heavy atom. The van der Waals surface area contributed by atoms with Gasteiger partial charge in [0.15, 0.2) is 0 Å². The van der Waals surface area contributed by atoms with Gasteiger partial charge in [-0.05, 0) is 25.3 Å². The van der Waals surface area contributed by atoms with Crippen LogP contribution in [0.4, 0.5) is 10.1 Å². The van der Waals surface area contributed by atoms with Crippen molar-refractivity contribution in [2.75, 3.05) is 6.54 Å². The first-order valence-electron chi connectivity index (χ1n) is 6.28. The lowest BCUT2D eigenvalue weighted by Gasteiger charge is -2.20. The van der Waals surface area contributed by atoms with Crippen LogP contribution < -0.4 is 0 Å². The lowest BCUT2D eigenvalue weighted by molar-refractivity contribution is -0.385. The zero-order chi connectivity index (χ0) is 15.7. The Hall–Kier alpha value is -2.51. The number of hydrogen-bond donors (Lipinski definition) is 1. The van der Waals surface area contributed by atoms with E-state index in [1.54, 1.807) is 0 Å². The molecule has 1 N–H and O–H groups in total. The Bertz CT molecular complexity index is 627. The molecule has 0 atom stereocenters. The van der Waals surface area contributed by atoms with Crippen molar-refractivity contribution in [3.8, 4) is 0 Å². The van der Waals surface area contributed by atoms with E-state index in [1.807, 2.05) is 0 Å². The van der Waals surface area contributed by atoms with Crippen molar-refractivity contribution in [3.05, 3.63) is 39.2 Å². The number of aliphatic carboxylic acids is 1. The van der Waals surface area contributed by atoms with Gasteiger partial charge in [0.2, 0.25) is 0 Å². The van der Waals surface area contributed by atoms with Crippen LogP contribution in [-0.2, 0) is 4.79 Å². The molecule has 0 saturated heterocycles. The van der Waals surface area contributed by atoms with Crippen molar-refractivity contribution in [2.45, 2.75) is 25.8 Å². The number of non-ortho nitro benzene ring substituents is 1. The molecular formula is C13H13FN2O5. The van der Waals surface area contributed by atoms with Gasteiger partial charge in [-0.1, -0.05) is 0 Å². The highest BCUT2D eigenvalue weighted by Gasteiger charge is 2.36. The highest BCUT2D eigenvalue weighted by atomic mass is 19.1. The minimum atomic E-state index is -1.21. The Labute approximate surface area is 119 Å². The number of nitrogens with zero attached hydrogens (tertiary/aromatic N) is 2. The average Bonchev–Trinajstić information content (AvgIpc) is 3.22. The summed E-state index contributed by atoms with van der Waals surface area (Å²) in [5, 5.41) is 19.6. The molecule has 1 aliphatic carbocycles. The van der Waals surface area contributed by atoms with Crippen LogP contribution in [0.1, 0.15) is 28.8 Å². The normalized spacial score (nSPS) is 13.8. The molecule has 0 radical (unpaired) electrons. The topological polar surface area (TPSA) is 101 Å².